The molecular weight excluding hydrogens is 214 g/mol. The van der Waals surface area contributed by atoms with Crippen molar-refractivity contribution in [3.63, 3.8) is 0 Å². The minimum Gasteiger partial charge on any atom is -0.389 e. The molecule has 1 aromatic heterocycles. The van der Waals surface area contributed by atoms with E-state index in [1.165, 1.54) is 0 Å². The van der Waals surface area contributed by atoms with Crippen molar-refractivity contribution in [1.29, 1.82) is 0 Å². The Hall–Kier alpha value is -1.13. The van der Waals surface area contributed by atoms with Gasteiger partial charge in [-0.2, -0.15) is 0 Å². The molecule has 0 amide bonds. The van der Waals surface area contributed by atoms with E-state index in [1.807, 2.05) is 31.3 Å². The molecule has 0 saturated carbocycles. The molecule has 0 fully saturated rings. The predicted octanol–water partition coefficient (Wildman–Crippen LogP) is 1.57. The van der Waals surface area contributed by atoms with Crippen LogP contribution in [0.2, 0.25) is 0 Å². The fraction of sp³-hybridized carbons (Fsp3) is 0.615. The Kier molecular flexibility index (Phi) is 4.48. The average Bonchev–Trinajstić information content (AvgIpc) is 2.26. The van der Waals surface area contributed by atoms with E-state index in [9.17, 15) is 5.11 Å². The second-order valence-corrected chi connectivity index (χ2v) is 5.13. The summed E-state index contributed by atoms with van der Waals surface area (Å²) in [6.07, 6.45) is 1.87. The summed E-state index contributed by atoms with van der Waals surface area (Å²) in [5.41, 5.74) is 0.445. The summed E-state index contributed by atoms with van der Waals surface area (Å²) in [5, 5.41) is 12.9. The Morgan fingerprint density at radius 1 is 1.47 bits per heavy atom. The molecule has 4 heteroatoms. The predicted molar refractivity (Wildman–Crippen MR) is 71.3 cm³/mol. The molecule has 0 aliphatic heterocycles. The van der Waals surface area contributed by atoms with Crippen molar-refractivity contribution in [2.75, 3.05) is 25.5 Å². The molecule has 1 atom stereocenters. The van der Waals surface area contributed by atoms with Gasteiger partial charge in [0.1, 0.15) is 5.82 Å². The zero-order valence-electron chi connectivity index (χ0n) is 11.4. The van der Waals surface area contributed by atoms with Crippen LogP contribution in [0.3, 0.4) is 0 Å². The van der Waals surface area contributed by atoms with Crippen molar-refractivity contribution in [2.45, 2.75) is 32.4 Å². The van der Waals surface area contributed by atoms with Crippen molar-refractivity contribution >= 4 is 5.82 Å². The number of anilines is 1. The van der Waals surface area contributed by atoms with Crippen molar-refractivity contribution < 1.29 is 5.11 Å². The van der Waals surface area contributed by atoms with E-state index in [0.717, 1.165) is 11.4 Å². The lowest BCUT2D eigenvalue weighted by molar-refractivity contribution is 0.0884. The van der Waals surface area contributed by atoms with E-state index in [2.05, 4.69) is 23.3 Å². The smallest absolute Gasteiger partial charge is 0.128 e. The lowest BCUT2D eigenvalue weighted by Gasteiger charge is -2.26. The largest absolute Gasteiger partial charge is 0.389 e. The molecule has 0 bridgehead atoms. The van der Waals surface area contributed by atoms with Gasteiger partial charge in [0.05, 0.1) is 5.60 Å². The van der Waals surface area contributed by atoms with E-state index < -0.39 is 5.60 Å². The third-order valence-corrected chi connectivity index (χ3v) is 2.72. The molecular formula is C13H23N3O. The quantitative estimate of drug-likeness (QED) is 0.816. The van der Waals surface area contributed by atoms with Gasteiger partial charge in [-0.1, -0.05) is 6.07 Å². The summed E-state index contributed by atoms with van der Waals surface area (Å²) in [4.78, 5) is 6.36. The molecule has 2 N–H and O–H groups in total. The van der Waals surface area contributed by atoms with Gasteiger partial charge in [-0.25, -0.2) is 4.98 Å². The number of nitrogens with zero attached hydrogens (tertiary/aromatic N) is 2. The number of hydrogen-bond donors (Lipinski definition) is 2. The molecule has 0 saturated heterocycles. The van der Waals surface area contributed by atoms with Crippen molar-refractivity contribution in [3.8, 4) is 0 Å². The maximum Gasteiger partial charge on any atom is 0.128 e. The number of likely N-dealkylation sites (N-methyl/N-ethyl adjacent to an activating group) is 1. The van der Waals surface area contributed by atoms with Crippen LogP contribution < -0.4 is 10.2 Å². The number of aliphatic hydroxyl groups is 1. The Bertz CT molecular complexity index is 343. The summed E-state index contributed by atoms with van der Waals surface area (Å²) in [6.45, 7) is 6.24. The van der Waals surface area contributed by atoms with Crippen LogP contribution in [-0.4, -0.2) is 36.3 Å². The van der Waals surface area contributed by atoms with Gasteiger partial charge >= 0.3 is 0 Å². The normalized spacial score (nSPS) is 13.5. The lowest BCUT2D eigenvalue weighted by atomic mass is 10.1. The molecule has 96 valence electrons. The first-order valence-electron chi connectivity index (χ1n) is 5.90. The van der Waals surface area contributed by atoms with Crippen LogP contribution >= 0.6 is 0 Å². The van der Waals surface area contributed by atoms with Gasteiger partial charge in [0.2, 0.25) is 0 Å². The topological polar surface area (TPSA) is 48.4 Å². The highest BCUT2D eigenvalue weighted by Gasteiger charge is 2.16. The first kappa shape index (κ1) is 13.9. The first-order chi connectivity index (χ1) is 7.83. The van der Waals surface area contributed by atoms with Crippen LogP contribution in [0.5, 0.6) is 0 Å². The zero-order chi connectivity index (χ0) is 13.1. The van der Waals surface area contributed by atoms with Crippen molar-refractivity contribution in [3.05, 3.63) is 23.9 Å². The molecule has 17 heavy (non-hydrogen) atoms. The van der Waals surface area contributed by atoms with Gasteiger partial charge in [-0.15, -0.1) is 0 Å². The first-order valence-corrected chi connectivity index (χ1v) is 5.90. The molecule has 1 rings (SSSR count). The van der Waals surface area contributed by atoms with Crippen LogP contribution in [0.4, 0.5) is 5.82 Å². The third-order valence-electron chi connectivity index (χ3n) is 2.72. The summed E-state index contributed by atoms with van der Waals surface area (Å²) in [6, 6.07) is 4.34. The highest BCUT2D eigenvalue weighted by Crippen LogP contribution is 2.16. The standard InChI is InChI=1S/C13H23N3O/c1-10(14-4)11-6-7-12(15-8-11)16(5)9-13(2,3)17/h6-8,10,14,17H,9H2,1-5H3. The molecule has 0 spiro atoms. The van der Waals surface area contributed by atoms with E-state index >= 15 is 0 Å². The second-order valence-electron chi connectivity index (χ2n) is 5.13. The van der Waals surface area contributed by atoms with Crippen LogP contribution in [0.1, 0.15) is 32.4 Å². The van der Waals surface area contributed by atoms with Crippen LogP contribution in [-0.2, 0) is 0 Å². The second kappa shape index (κ2) is 5.47. The highest BCUT2D eigenvalue weighted by molar-refractivity contribution is 5.39. The molecule has 1 heterocycles. The Morgan fingerprint density at radius 2 is 2.12 bits per heavy atom. The van der Waals surface area contributed by atoms with Gasteiger partial charge < -0.3 is 15.3 Å². The monoisotopic (exact) mass is 237 g/mol. The summed E-state index contributed by atoms with van der Waals surface area (Å²) in [5.74, 6) is 0.874. The Morgan fingerprint density at radius 3 is 2.53 bits per heavy atom. The average molecular weight is 237 g/mol. The van der Waals surface area contributed by atoms with Gasteiger partial charge in [-0.05, 0) is 39.4 Å². The molecule has 0 radical (unpaired) electrons. The van der Waals surface area contributed by atoms with Gasteiger partial charge in [0.15, 0.2) is 0 Å². The van der Waals surface area contributed by atoms with E-state index in [4.69, 9.17) is 0 Å². The lowest BCUT2D eigenvalue weighted by Crippen LogP contribution is -2.36. The van der Waals surface area contributed by atoms with Crippen LogP contribution in [0.15, 0.2) is 18.3 Å². The minimum atomic E-state index is -0.715. The molecule has 1 aromatic rings. The zero-order valence-corrected chi connectivity index (χ0v) is 11.4. The van der Waals surface area contributed by atoms with E-state index in [0.29, 0.717) is 12.6 Å². The number of hydrogen-bond acceptors (Lipinski definition) is 4. The van der Waals surface area contributed by atoms with Gasteiger partial charge in [0, 0.05) is 25.8 Å². The van der Waals surface area contributed by atoms with Crippen LogP contribution in [0, 0.1) is 0 Å². The molecule has 4 nitrogen and oxygen atoms in total. The summed E-state index contributed by atoms with van der Waals surface area (Å²) in [7, 11) is 3.86. The number of nitrogens with one attached hydrogen (secondary N) is 1. The minimum absolute atomic E-state index is 0.302. The number of pyridine rings is 1. The fourth-order valence-corrected chi connectivity index (χ4v) is 1.71. The summed E-state index contributed by atoms with van der Waals surface area (Å²) < 4.78 is 0. The van der Waals surface area contributed by atoms with Crippen LogP contribution in [0.25, 0.3) is 0 Å². The maximum absolute atomic E-state index is 9.75. The van der Waals surface area contributed by atoms with E-state index in [-0.39, 0.29) is 0 Å². The molecule has 0 aromatic carbocycles. The molecule has 0 aliphatic rings. The Labute approximate surface area is 104 Å². The van der Waals surface area contributed by atoms with E-state index in [1.54, 1.807) is 13.8 Å². The molecule has 1 unspecified atom stereocenters. The van der Waals surface area contributed by atoms with Gasteiger partial charge in [0.25, 0.3) is 0 Å². The van der Waals surface area contributed by atoms with Crippen molar-refractivity contribution in [1.82, 2.24) is 10.3 Å². The van der Waals surface area contributed by atoms with Gasteiger partial charge in [-0.3, -0.25) is 0 Å². The summed E-state index contributed by atoms with van der Waals surface area (Å²) >= 11 is 0. The molecule has 0 aliphatic carbocycles. The Balaban J connectivity index is 2.74. The SMILES string of the molecule is CNC(C)c1ccc(N(C)CC(C)(C)O)nc1. The number of rotatable bonds is 5. The maximum atomic E-state index is 9.75. The third kappa shape index (κ3) is 4.32. The fourth-order valence-electron chi connectivity index (χ4n) is 1.71. The highest BCUT2D eigenvalue weighted by atomic mass is 16.3. The van der Waals surface area contributed by atoms with Crippen molar-refractivity contribution in [2.24, 2.45) is 0 Å². The number of aromatic nitrogens is 1.